The zero-order valence-corrected chi connectivity index (χ0v) is 10.9. The molecule has 4 atom stereocenters. The highest BCUT2D eigenvalue weighted by Gasteiger charge is 2.37. The zero-order valence-electron chi connectivity index (χ0n) is 10.9. The minimum Gasteiger partial charge on any atom is -0.391 e. The first-order valence-electron chi connectivity index (χ1n) is 6.59. The van der Waals surface area contributed by atoms with Gasteiger partial charge in [-0.1, -0.05) is 26.2 Å². The second-order valence-electron chi connectivity index (χ2n) is 5.32. The summed E-state index contributed by atoms with van der Waals surface area (Å²) >= 11 is 0. The van der Waals surface area contributed by atoms with Gasteiger partial charge in [0.15, 0.2) is 0 Å². The normalized spacial score (nSPS) is 34.7. The molecule has 0 radical (unpaired) electrons. The number of rotatable bonds is 5. The van der Waals surface area contributed by atoms with E-state index in [1.807, 2.05) is 6.92 Å². The first kappa shape index (κ1) is 13.9. The van der Waals surface area contributed by atoms with Crippen molar-refractivity contribution in [2.75, 3.05) is 6.54 Å². The number of nitrogens with two attached hydrogens (primary N) is 1. The maximum atomic E-state index is 9.52. The van der Waals surface area contributed by atoms with Crippen molar-refractivity contribution in [3.8, 4) is 0 Å². The molecule has 0 heterocycles. The summed E-state index contributed by atoms with van der Waals surface area (Å²) in [4.78, 5) is 0. The quantitative estimate of drug-likeness (QED) is 0.759. The maximum Gasteiger partial charge on any atom is 0.0811 e. The van der Waals surface area contributed by atoms with Crippen LogP contribution in [-0.4, -0.2) is 29.5 Å². The monoisotopic (exact) mass is 229 g/mol. The second kappa shape index (κ2) is 5.99. The van der Waals surface area contributed by atoms with Crippen molar-refractivity contribution in [3.05, 3.63) is 0 Å². The zero-order chi connectivity index (χ0) is 12.2. The molecule has 96 valence electrons. The molecule has 1 saturated carbocycles. The highest BCUT2D eigenvalue weighted by Crippen LogP contribution is 2.37. The smallest absolute Gasteiger partial charge is 0.0811 e. The van der Waals surface area contributed by atoms with Crippen LogP contribution in [0.4, 0.5) is 0 Å². The van der Waals surface area contributed by atoms with Gasteiger partial charge in [-0.25, -0.2) is 0 Å². The summed E-state index contributed by atoms with van der Waals surface area (Å²) in [6.07, 6.45) is 5.24. The van der Waals surface area contributed by atoms with Crippen LogP contribution >= 0.6 is 0 Å². The van der Waals surface area contributed by atoms with Gasteiger partial charge in [0.1, 0.15) is 0 Å². The van der Waals surface area contributed by atoms with Crippen LogP contribution in [0.2, 0.25) is 0 Å². The lowest BCUT2D eigenvalue weighted by atomic mass is 9.76. The van der Waals surface area contributed by atoms with E-state index in [0.717, 1.165) is 18.8 Å². The van der Waals surface area contributed by atoms with Crippen molar-refractivity contribution in [2.24, 2.45) is 11.7 Å². The molecule has 0 spiro atoms. The molecule has 0 aromatic carbocycles. The molecule has 1 aliphatic rings. The third-order valence-electron chi connectivity index (χ3n) is 3.97. The van der Waals surface area contributed by atoms with Crippen LogP contribution in [0.5, 0.6) is 0 Å². The summed E-state index contributed by atoms with van der Waals surface area (Å²) in [5.41, 5.74) is 5.71. The average Bonchev–Trinajstić information content (AvgIpc) is 2.29. The fourth-order valence-corrected chi connectivity index (χ4v) is 2.62. The van der Waals surface area contributed by atoms with E-state index in [0.29, 0.717) is 6.54 Å². The lowest BCUT2D eigenvalue weighted by Gasteiger charge is -2.42. The van der Waals surface area contributed by atoms with E-state index in [4.69, 9.17) is 10.5 Å². The van der Waals surface area contributed by atoms with Crippen molar-refractivity contribution in [1.29, 1.82) is 0 Å². The Morgan fingerprint density at radius 1 is 1.50 bits per heavy atom. The van der Waals surface area contributed by atoms with E-state index >= 15 is 0 Å². The Kier molecular flexibility index (Phi) is 5.22. The van der Waals surface area contributed by atoms with Gasteiger partial charge in [0.25, 0.3) is 0 Å². The fourth-order valence-electron chi connectivity index (χ4n) is 2.62. The minimum atomic E-state index is -0.426. The van der Waals surface area contributed by atoms with Gasteiger partial charge in [0, 0.05) is 6.54 Å². The number of ether oxygens (including phenoxy) is 1. The van der Waals surface area contributed by atoms with Gasteiger partial charge >= 0.3 is 0 Å². The highest BCUT2D eigenvalue weighted by molar-refractivity contribution is 4.90. The largest absolute Gasteiger partial charge is 0.391 e. The summed E-state index contributed by atoms with van der Waals surface area (Å²) in [5, 5.41) is 9.52. The van der Waals surface area contributed by atoms with Gasteiger partial charge in [-0.05, 0) is 32.6 Å². The topological polar surface area (TPSA) is 55.5 Å². The molecule has 0 bridgehead atoms. The molecule has 1 aliphatic carbocycles. The molecule has 0 amide bonds. The van der Waals surface area contributed by atoms with E-state index in [1.165, 1.54) is 19.3 Å². The molecule has 1 rings (SSSR count). The Morgan fingerprint density at radius 3 is 2.69 bits per heavy atom. The molecule has 3 heteroatoms. The summed E-state index contributed by atoms with van der Waals surface area (Å²) in [5.74, 6) is 0.735. The second-order valence-corrected chi connectivity index (χ2v) is 5.32. The molecule has 0 aromatic rings. The fraction of sp³-hybridized carbons (Fsp3) is 1.00. The average molecular weight is 229 g/mol. The third kappa shape index (κ3) is 3.44. The summed E-state index contributed by atoms with van der Waals surface area (Å²) in [6, 6.07) is 0. The third-order valence-corrected chi connectivity index (χ3v) is 3.97. The number of aliphatic hydroxyl groups is 1. The van der Waals surface area contributed by atoms with Crippen molar-refractivity contribution in [2.45, 2.75) is 70.7 Å². The Balaban J connectivity index is 2.61. The predicted molar refractivity (Wildman–Crippen MR) is 66.3 cm³/mol. The van der Waals surface area contributed by atoms with Crippen molar-refractivity contribution in [1.82, 2.24) is 0 Å². The highest BCUT2D eigenvalue weighted by atomic mass is 16.5. The van der Waals surface area contributed by atoms with Gasteiger partial charge in [-0.2, -0.15) is 0 Å². The van der Waals surface area contributed by atoms with Crippen molar-refractivity contribution < 1.29 is 9.84 Å². The van der Waals surface area contributed by atoms with Gasteiger partial charge in [-0.15, -0.1) is 0 Å². The molecule has 3 N–H and O–H groups in total. The molecule has 0 saturated heterocycles. The number of aliphatic hydroxyl groups excluding tert-OH is 1. The molecule has 0 aromatic heterocycles. The van der Waals surface area contributed by atoms with Crippen molar-refractivity contribution >= 4 is 0 Å². The Hall–Kier alpha value is -0.120. The molecule has 0 aliphatic heterocycles. The molecule has 3 nitrogen and oxygen atoms in total. The molecule has 4 unspecified atom stereocenters. The van der Waals surface area contributed by atoms with Gasteiger partial charge in [0.05, 0.1) is 17.8 Å². The SMILES string of the molecule is CCC1CCCC(CN)(OC(C)C(C)O)C1. The van der Waals surface area contributed by atoms with Gasteiger partial charge < -0.3 is 15.6 Å². The van der Waals surface area contributed by atoms with Crippen LogP contribution < -0.4 is 5.73 Å². The maximum absolute atomic E-state index is 9.52. The Bertz CT molecular complexity index is 208. The Labute approximate surface area is 99.4 Å². The van der Waals surface area contributed by atoms with Gasteiger partial charge in [-0.3, -0.25) is 0 Å². The Morgan fingerprint density at radius 2 is 2.19 bits per heavy atom. The van der Waals surface area contributed by atoms with Crippen LogP contribution in [0.1, 0.15) is 52.9 Å². The van der Waals surface area contributed by atoms with Crippen LogP contribution in [0.15, 0.2) is 0 Å². The van der Waals surface area contributed by atoms with Crippen LogP contribution in [0, 0.1) is 5.92 Å². The minimum absolute atomic E-state index is 0.126. The van der Waals surface area contributed by atoms with Gasteiger partial charge in [0.2, 0.25) is 0 Å². The van der Waals surface area contributed by atoms with E-state index in [9.17, 15) is 5.11 Å². The van der Waals surface area contributed by atoms with Crippen LogP contribution in [0.25, 0.3) is 0 Å². The first-order chi connectivity index (χ1) is 7.53. The van der Waals surface area contributed by atoms with E-state index in [-0.39, 0.29) is 11.7 Å². The molecule has 1 fully saturated rings. The van der Waals surface area contributed by atoms with Crippen molar-refractivity contribution in [3.63, 3.8) is 0 Å². The molecular formula is C13H27NO2. The summed E-state index contributed by atoms with van der Waals surface area (Å²) < 4.78 is 6.05. The lowest BCUT2D eigenvalue weighted by Crippen LogP contribution is -2.48. The lowest BCUT2D eigenvalue weighted by molar-refractivity contribution is -0.141. The summed E-state index contributed by atoms with van der Waals surface area (Å²) in [6.45, 7) is 6.50. The predicted octanol–water partition coefficient (Wildman–Crippen LogP) is 2.07. The van der Waals surface area contributed by atoms with E-state index in [2.05, 4.69) is 6.92 Å². The number of hydrogen-bond acceptors (Lipinski definition) is 3. The molecular weight excluding hydrogens is 202 g/mol. The van der Waals surface area contributed by atoms with Crippen LogP contribution in [-0.2, 0) is 4.74 Å². The standard InChI is InChI=1S/C13H27NO2/c1-4-12-6-5-7-13(8-12,9-14)16-11(3)10(2)15/h10-12,15H,4-9,14H2,1-3H3. The van der Waals surface area contributed by atoms with E-state index < -0.39 is 6.10 Å². The molecule has 16 heavy (non-hydrogen) atoms. The van der Waals surface area contributed by atoms with Crippen LogP contribution in [0.3, 0.4) is 0 Å². The van der Waals surface area contributed by atoms with E-state index in [1.54, 1.807) is 6.92 Å². The number of hydrogen-bond donors (Lipinski definition) is 2. The summed E-state index contributed by atoms with van der Waals surface area (Å²) in [7, 11) is 0. The first-order valence-corrected chi connectivity index (χ1v) is 6.59.